The van der Waals surface area contributed by atoms with Crippen LogP contribution >= 0.6 is 38.6 Å². The minimum Gasteiger partial charge on any atom is -0.266 e. The van der Waals surface area contributed by atoms with Gasteiger partial charge in [-0.15, -0.1) is 16.4 Å². The molecule has 0 amide bonds. The third-order valence-electron chi connectivity index (χ3n) is 5.10. The van der Waals surface area contributed by atoms with Crippen LogP contribution in [0.3, 0.4) is 0 Å². The van der Waals surface area contributed by atoms with E-state index in [1.165, 1.54) is 15.9 Å². The highest BCUT2D eigenvalue weighted by Gasteiger charge is 2.16. The first-order valence-corrected chi connectivity index (χ1v) is 12.5. The van der Waals surface area contributed by atoms with E-state index in [1.54, 1.807) is 11.3 Å². The van der Waals surface area contributed by atoms with Crippen molar-refractivity contribution in [2.24, 2.45) is 0 Å². The normalized spacial score (nSPS) is 12.1. The molecule has 0 aliphatic carbocycles. The molecule has 160 valence electrons. The molecule has 0 aliphatic heterocycles. The Morgan fingerprint density at radius 1 is 0.939 bits per heavy atom. The number of rotatable bonds is 4. The lowest BCUT2D eigenvalue weighted by Gasteiger charge is -1.99. The van der Waals surface area contributed by atoms with Crippen molar-refractivity contribution < 1.29 is 0 Å². The monoisotopic (exact) mass is 531 g/mol. The number of aromatic nitrogens is 5. The Labute approximate surface area is 204 Å². The Bertz CT molecular complexity index is 1700. The van der Waals surface area contributed by atoms with E-state index < -0.39 is 0 Å². The van der Waals surface area contributed by atoms with Gasteiger partial charge in [-0.05, 0) is 41.8 Å². The van der Waals surface area contributed by atoms with Crippen LogP contribution in [0.5, 0.6) is 0 Å². The summed E-state index contributed by atoms with van der Waals surface area (Å²) in [4.78, 5) is 19.3. The van der Waals surface area contributed by atoms with Crippen LogP contribution in [0.1, 0.15) is 5.56 Å². The first-order valence-electron chi connectivity index (χ1n) is 10.0. The Hall–Kier alpha value is -3.40. The number of para-hydroxylation sites is 1. The highest BCUT2D eigenvalue weighted by molar-refractivity contribution is 9.10. The second-order valence-electron chi connectivity index (χ2n) is 7.22. The van der Waals surface area contributed by atoms with Crippen LogP contribution in [0, 0.1) is 0 Å². The maximum atomic E-state index is 13.1. The lowest BCUT2D eigenvalue weighted by Crippen LogP contribution is -2.23. The van der Waals surface area contributed by atoms with Crippen LogP contribution in [0.4, 0.5) is 0 Å². The maximum Gasteiger partial charge on any atom is 0.291 e. The van der Waals surface area contributed by atoms with Crippen LogP contribution < -0.4 is 10.1 Å². The van der Waals surface area contributed by atoms with Gasteiger partial charge in [0.05, 0.1) is 15.1 Å². The highest BCUT2D eigenvalue weighted by atomic mass is 79.9. The molecule has 0 saturated carbocycles. The Kier molecular flexibility index (Phi) is 5.01. The standard InChI is InChI=1S/C24H14BrN5OS2/c25-18-10-5-4-9-17(18)22-26-24-30(28-22)23(31)20(33-24)13-15-14-29(16-7-2-1-3-8-16)27-21(15)19-11-6-12-32-19/h1-14H/b20-13-. The van der Waals surface area contributed by atoms with Gasteiger partial charge in [-0.3, -0.25) is 4.79 Å². The van der Waals surface area contributed by atoms with Gasteiger partial charge in [-0.1, -0.05) is 63.7 Å². The third kappa shape index (κ3) is 3.64. The molecule has 4 heterocycles. The number of nitrogens with zero attached hydrogens (tertiary/aromatic N) is 5. The van der Waals surface area contributed by atoms with Gasteiger partial charge in [0.25, 0.3) is 5.56 Å². The van der Waals surface area contributed by atoms with Gasteiger partial charge in [0.15, 0.2) is 5.82 Å². The van der Waals surface area contributed by atoms with Crippen molar-refractivity contribution in [3.05, 3.63) is 103 Å². The summed E-state index contributed by atoms with van der Waals surface area (Å²) in [5.41, 5.74) is 3.32. The van der Waals surface area contributed by atoms with Gasteiger partial charge >= 0.3 is 0 Å². The second kappa shape index (κ2) is 8.18. The largest absolute Gasteiger partial charge is 0.291 e. The predicted octanol–water partition coefficient (Wildman–Crippen LogP) is 5.04. The van der Waals surface area contributed by atoms with Gasteiger partial charge in [0.2, 0.25) is 4.96 Å². The number of benzene rings is 2. The van der Waals surface area contributed by atoms with E-state index in [-0.39, 0.29) is 5.56 Å². The Balaban J connectivity index is 1.49. The first-order chi connectivity index (χ1) is 16.2. The average molecular weight is 532 g/mol. The van der Waals surface area contributed by atoms with E-state index in [0.29, 0.717) is 15.3 Å². The fourth-order valence-corrected chi connectivity index (χ4v) is 5.63. The quantitative estimate of drug-likeness (QED) is 0.319. The molecule has 4 aromatic heterocycles. The molecule has 33 heavy (non-hydrogen) atoms. The lowest BCUT2D eigenvalue weighted by molar-refractivity contribution is 0.885. The molecule has 2 aromatic carbocycles. The van der Waals surface area contributed by atoms with E-state index in [0.717, 1.165) is 31.9 Å². The molecule has 0 unspecified atom stereocenters. The molecule has 0 bridgehead atoms. The van der Waals surface area contributed by atoms with Crippen molar-refractivity contribution in [3.63, 3.8) is 0 Å². The molecule has 0 fully saturated rings. The van der Waals surface area contributed by atoms with E-state index >= 15 is 0 Å². The predicted molar refractivity (Wildman–Crippen MR) is 136 cm³/mol. The minimum absolute atomic E-state index is 0.189. The Morgan fingerprint density at radius 3 is 2.52 bits per heavy atom. The first kappa shape index (κ1) is 20.2. The summed E-state index contributed by atoms with van der Waals surface area (Å²) in [5.74, 6) is 0.522. The van der Waals surface area contributed by atoms with E-state index in [2.05, 4.69) is 26.0 Å². The summed E-state index contributed by atoms with van der Waals surface area (Å²) in [6, 6.07) is 21.7. The maximum absolute atomic E-state index is 13.1. The molecule has 6 rings (SSSR count). The number of hydrogen-bond donors (Lipinski definition) is 0. The lowest BCUT2D eigenvalue weighted by atomic mass is 10.2. The van der Waals surface area contributed by atoms with Gasteiger partial charge < -0.3 is 0 Å². The van der Waals surface area contributed by atoms with Gasteiger partial charge in [0.1, 0.15) is 5.69 Å². The van der Waals surface area contributed by atoms with Crippen LogP contribution in [0.2, 0.25) is 0 Å². The summed E-state index contributed by atoms with van der Waals surface area (Å²) in [5, 5.41) is 11.3. The second-order valence-corrected chi connectivity index (χ2v) is 10.0. The molecule has 6 nitrogen and oxygen atoms in total. The zero-order valence-electron chi connectivity index (χ0n) is 16.9. The van der Waals surface area contributed by atoms with Crippen molar-refractivity contribution in [1.29, 1.82) is 0 Å². The smallest absolute Gasteiger partial charge is 0.266 e. The third-order valence-corrected chi connectivity index (χ3v) is 7.63. The van der Waals surface area contributed by atoms with Gasteiger partial charge in [-0.2, -0.15) is 14.6 Å². The van der Waals surface area contributed by atoms with Gasteiger partial charge in [0, 0.05) is 21.8 Å². The summed E-state index contributed by atoms with van der Waals surface area (Å²) < 4.78 is 4.66. The zero-order chi connectivity index (χ0) is 22.4. The van der Waals surface area contributed by atoms with Gasteiger partial charge in [-0.25, -0.2) is 4.68 Å². The van der Waals surface area contributed by atoms with E-state index in [1.807, 2.05) is 89.1 Å². The average Bonchev–Trinajstić information content (AvgIpc) is 3.62. The molecule has 9 heteroatoms. The van der Waals surface area contributed by atoms with Crippen molar-refractivity contribution >= 4 is 49.6 Å². The van der Waals surface area contributed by atoms with Crippen molar-refractivity contribution in [3.8, 4) is 27.6 Å². The topological polar surface area (TPSA) is 65.1 Å². The molecular weight excluding hydrogens is 518 g/mol. The van der Waals surface area contributed by atoms with Crippen LogP contribution in [-0.4, -0.2) is 24.4 Å². The molecular formula is C24H14BrN5OS2. The van der Waals surface area contributed by atoms with Crippen molar-refractivity contribution in [2.75, 3.05) is 0 Å². The number of halogens is 1. The van der Waals surface area contributed by atoms with E-state index in [9.17, 15) is 4.79 Å². The molecule has 0 atom stereocenters. The Morgan fingerprint density at radius 2 is 1.76 bits per heavy atom. The zero-order valence-corrected chi connectivity index (χ0v) is 20.1. The van der Waals surface area contributed by atoms with Crippen LogP contribution in [0.15, 0.2) is 87.6 Å². The molecule has 0 aliphatic rings. The number of thiophene rings is 1. The summed E-state index contributed by atoms with van der Waals surface area (Å²) in [6.45, 7) is 0. The van der Waals surface area contributed by atoms with Crippen LogP contribution in [-0.2, 0) is 0 Å². The summed E-state index contributed by atoms with van der Waals surface area (Å²) >= 11 is 6.47. The van der Waals surface area contributed by atoms with Crippen molar-refractivity contribution in [2.45, 2.75) is 0 Å². The molecule has 6 aromatic rings. The van der Waals surface area contributed by atoms with E-state index in [4.69, 9.17) is 5.10 Å². The minimum atomic E-state index is -0.189. The summed E-state index contributed by atoms with van der Waals surface area (Å²) in [7, 11) is 0. The molecule has 0 spiro atoms. The molecule has 0 radical (unpaired) electrons. The fourth-order valence-electron chi connectivity index (χ4n) is 3.54. The SMILES string of the molecule is O=c1/c(=C/c2cn(-c3ccccc3)nc2-c2cccs2)sc2nc(-c3ccccc3Br)nn12. The number of hydrogen-bond acceptors (Lipinski definition) is 6. The molecule has 0 N–H and O–H groups in total. The highest BCUT2D eigenvalue weighted by Crippen LogP contribution is 2.29. The van der Waals surface area contributed by atoms with Crippen LogP contribution in [0.25, 0.3) is 38.7 Å². The van der Waals surface area contributed by atoms with Crippen molar-refractivity contribution in [1.82, 2.24) is 24.4 Å². The number of thiazole rings is 1. The summed E-state index contributed by atoms with van der Waals surface area (Å²) in [6.07, 6.45) is 3.83. The number of fused-ring (bicyclic) bond motifs is 1. The fraction of sp³-hybridized carbons (Fsp3) is 0. The molecule has 0 saturated heterocycles.